The predicted molar refractivity (Wildman–Crippen MR) is 109 cm³/mol. The predicted octanol–water partition coefficient (Wildman–Crippen LogP) is 3.53. The topological polar surface area (TPSA) is 88.2 Å². The average Bonchev–Trinajstić information content (AvgIpc) is 3.02. The summed E-state index contributed by atoms with van der Waals surface area (Å²) in [6.45, 7) is 5.92. The van der Waals surface area contributed by atoms with E-state index in [-0.39, 0.29) is 17.1 Å². The number of thiazole rings is 1. The van der Waals surface area contributed by atoms with Gasteiger partial charge >= 0.3 is 0 Å². The zero-order valence-electron chi connectivity index (χ0n) is 15.4. The molecule has 1 amide bonds. The van der Waals surface area contributed by atoms with Gasteiger partial charge in [0.1, 0.15) is 0 Å². The molecule has 3 rings (SSSR count). The van der Waals surface area contributed by atoms with Crippen molar-refractivity contribution in [1.82, 2.24) is 10.4 Å². The van der Waals surface area contributed by atoms with Crippen LogP contribution in [0.4, 0.5) is 5.13 Å². The van der Waals surface area contributed by atoms with Gasteiger partial charge in [-0.1, -0.05) is 35.1 Å². The van der Waals surface area contributed by atoms with E-state index in [4.69, 9.17) is 0 Å². The molecule has 0 saturated heterocycles. The molecule has 1 aromatic heterocycles. The standard InChI is InChI=1S/C19H21N3O3S2/c1-12-4-6-15(7-5-12)27(24,25)9-8-17(23)21-22-19-20-16-11-13(2)10-14(3)18(16)26-19/h4-7,10-11H,8-9H2,1-3H3,(H,20,22)(H,21,23). The summed E-state index contributed by atoms with van der Waals surface area (Å²) in [5.74, 6) is -0.653. The van der Waals surface area contributed by atoms with E-state index < -0.39 is 15.7 Å². The van der Waals surface area contributed by atoms with Crippen molar-refractivity contribution in [3.8, 4) is 0 Å². The van der Waals surface area contributed by atoms with Crippen LogP contribution in [-0.4, -0.2) is 25.1 Å². The highest BCUT2D eigenvalue weighted by atomic mass is 32.2. The molecule has 27 heavy (non-hydrogen) atoms. The summed E-state index contributed by atoms with van der Waals surface area (Å²) in [5, 5.41) is 0.563. The number of sulfone groups is 1. The molecule has 6 nitrogen and oxygen atoms in total. The monoisotopic (exact) mass is 403 g/mol. The van der Waals surface area contributed by atoms with Gasteiger partial charge < -0.3 is 0 Å². The number of aromatic nitrogens is 1. The number of benzene rings is 2. The maximum absolute atomic E-state index is 12.3. The van der Waals surface area contributed by atoms with Crippen LogP contribution < -0.4 is 10.9 Å². The lowest BCUT2D eigenvalue weighted by atomic mass is 10.1. The van der Waals surface area contributed by atoms with Gasteiger partial charge in [0, 0.05) is 6.42 Å². The zero-order valence-corrected chi connectivity index (χ0v) is 17.0. The van der Waals surface area contributed by atoms with Crippen molar-refractivity contribution in [2.75, 3.05) is 11.2 Å². The Morgan fingerprint density at radius 3 is 2.48 bits per heavy atom. The van der Waals surface area contributed by atoms with Crippen LogP contribution in [0.1, 0.15) is 23.1 Å². The fourth-order valence-electron chi connectivity index (χ4n) is 2.71. The number of fused-ring (bicyclic) bond motifs is 1. The lowest BCUT2D eigenvalue weighted by Crippen LogP contribution is -2.30. The van der Waals surface area contributed by atoms with Gasteiger partial charge in [-0.25, -0.2) is 13.4 Å². The van der Waals surface area contributed by atoms with Crippen molar-refractivity contribution in [2.45, 2.75) is 32.1 Å². The Balaban J connectivity index is 1.58. The SMILES string of the molecule is Cc1ccc(S(=O)(=O)CCC(=O)NNc2nc3cc(C)cc(C)c3s2)cc1. The summed E-state index contributed by atoms with van der Waals surface area (Å²) in [5.41, 5.74) is 9.41. The van der Waals surface area contributed by atoms with Crippen LogP contribution in [0.25, 0.3) is 10.2 Å². The highest BCUT2D eigenvalue weighted by molar-refractivity contribution is 7.91. The number of rotatable bonds is 6. The van der Waals surface area contributed by atoms with Gasteiger partial charge in [0.2, 0.25) is 11.0 Å². The van der Waals surface area contributed by atoms with Crippen LogP contribution in [0.5, 0.6) is 0 Å². The number of anilines is 1. The van der Waals surface area contributed by atoms with Gasteiger partial charge in [0.25, 0.3) is 0 Å². The highest BCUT2D eigenvalue weighted by Crippen LogP contribution is 2.29. The summed E-state index contributed by atoms with van der Waals surface area (Å²) in [7, 11) is -3.49. The maximum atomic E-state index is 12.3. The van der Waals surface area contributed by atoms with E-state index in [1.165, 1.54) is 11.3 Å². The first kappa shape index (κ1) is 19.3. The van der Waals surface area contributed by atoms with E-state index in [1.54, 1.807) is 24.3 Å². The lowest BCUT2D eigenvalue weighted by molar-refractivity contribution is -0.120. The Labute approximate surface area is 162 Å². The molecule has 3 aromatic rings. The molecule has 0 bridgehead atoms. The summed E-state index contributed by atoms with van der Waals surface area (Å²) in [6, 6.07) is 10.7. The molecule has 0 fully saturated rings. The molecule has 8 heteroatoms. The summed E-state index contributed by atoms with van der Waals surface area (Å²) in [6.07, 6.45) is -0.133. The highest BCUT2D eigenvalue weighted by Gasteiger charge is 2.16. The molecule has 0 radical (unpaired) electrons. The first-order valence-electron chi connectivity index (χ1n) is 8.47. The maximum Gasteiger partial charge on any atom is 0.239 e. The van der Waals surface area contributed by atoms with Gasteiger partial charge in [-0.3, -0.25) is 15.6 Å². The first-order valence-corrected chi connectivity index (χ1v) is 10.9. The molecule has 0 atom stereocenters. The van der Waals surface area contributed by atoms with Crippen LogP contribution in [0, 0.1) is 20.8 Å². The van der Waals surface area contributed by atoms with Crippen molar-refractivity contribution in [1.29, 1.82) is 0 Å². The van der Waals surface area contributed by atoms with Crippen molar-refractivity contribution in [3.63, 3.8) is 0 Å². The number of hydrogen-bond acceptors (Lipinski definition) is 6. The van der Waals surface area contributed by atoms with Crippen molar-refractivity contribution in [2.24, 2.45) is 0 Å². The van der Waals surface area contributed by atoms with Gasteiger partial charge in [-0.05, 0) is 50.1 Å². The largest absolute Gasteiger partial charge is 0.273 e. The molecule has 0 spiro atoms. The molecular weight excluding hydrogens is 382 g/mol. The number of amides is 1. The van der Waals surface area contributed by atoms with Crippen molar-refractivity contribution < 1.29 is 13.2 Å². The van der Waals surface area contributed by atoms with Crippen LogP contribution >= 0.6 is 11.3 Å². The molecule has 2 N–H and O–H groups in total. The summed E-state index contributed by atoms with van der Waals surface area (Å²) >= 11 is 1.44. The molecule has 2 aromatic carbocycles. The molecule has 0 aliphatic heterocycles. The molecule has 1 heterocycles. The van der Waals surface area contributed by atoms with Crippen LogP contribution in [0.2, 0.25) is 0 Å². The molecule has 0 unspecified atom stereocenters. The Bertz CT molecular complexity index is 1090. The number of hydrogen-bond donors (Lipinski definition) is 2. The third kappa shape index (κ3) is 4.64. The van der Waals surface area contributed by atoms with Crippen molar-refractivity contribution in [3.05, 3.63) is 53.1 Å². The number of hydrazine groups is 1. The number of carbonyl (C=O) groups is 1. The van der Waals surface area contributed by atoms with Crippen LogP contribution in [0.15, 0.2) is 41.3 Å². The minimum absolute atomic E-state index is 0.133. The Kier molecular flexibility index (Phi) is 5.48. The smallest absolute Gasteiger partial charge is 0.239 e. The number of aryl methyl sites for hydroxylation is 3. The molecular formula is C19H21N3O3S2. The third-order valence-corrected chi connectivity index (χ3v) is 6.96. The quantitative estimate of drug-likeness (QED) is 0.615. The van der Waals surface area contributed by atoms with Gasteiger partial charge in [-0.15, -0.1) is 0 Å². The number of carbonyl (C=O) groups excluding carboxylic acids is 1. The fourth-order valence-corrected chi connectivity index (χ4v) is 4.82. The van der Waals surface area contributed by atoms with Crippen LogP contribution in [-0.2, 0) is 14.6 Å². The number of nitrogens with one attached hydrogen (secondary N) is 2. The Hall–Kier alpha value is -2.45. The second kappa shape index (κ2) is 7.66. The average molecular weight is 404 g/mol. The molecule has 142 valence electrons. The number of nitrogens with zero attached hydrogens (tertiary/aromatic N) is 1. The minimum Gasteiger partial charge on any atom is -0.273 e. The third-order valence-electron chi connectivity index (χ3n) is 4.11. The Morgan fingerprint density at radius 1 is 1.07 bits per heavy atom. The molecule has 0 saturated carbocycles. The van der Waals surface area contributed by atoms with Gasteiger partial charge in [0.15, 0.2) is 9.84 Å². The van der Waals surface area contributed by atoms with Gasteiger partial charge in [0.05, 0.1) is 20.9 Å². The van der Waals surface area contributed by atoms with E-state index in [0.29, 0.717) is 5.13 Å². The lowest BCUT2D eigenvalue weighted by Gasteiger charge is -2.07. The molecule has 0 aliphatic rings. The Morgan fingerprint density at radius 2 is 1.78 bits per heavy atom. The first-order chi connectivity index (χ1) is 12.7. The normalized spacial score (nSPS) is 11.5. The zero-order chi connectivity index (χ0) is 19.6. The van der Waals surface area contributed by atoms with E-state index in [2.05, 4.69) is 21.9 Å². The summed E-state index contributed by atoms with van der Waals surface area (Å²) in [4.78, 5) is 16.7. The van der Waals surface area contributed by atoms with Crippen LogP contribution in [0.3, 0.4) is 0 Å². The van der Waals surface area contributed by atoms with E-state index in [9.17, 15) is 13.2 Å². The second-order valence-electron chi connectivity index (χ2n) is 6.50. The van der Waals surface area contributed by atoms with Crippen molar-refractivity contribution >= 4 is 42.4 Å². The second-order valence-corrected chi connectivity index (χ2v) is 9.61. The van der Waals surface area contributed by atoms with E-state index in [1.807, 2.05) is 26.8 Å². The van der Waals surface area contributed by atoms with E-state index >= 15 is 0 Å². The fraction of sp³-hybridized carbons (Fsp3) is 0.263. The van der Waals surface area contributed by atoms with E-state index in [0.717, 1.165) is 26.9 Å². The summed E-state index contributed by atoms with van der Waals surface area (Å²) < 4.78 is 25.7. The minimum atomic E-state index is -3.49. The molecule has 0 aliphatic carbocycles. The van der Waals surface area contributed by atoms with Gasteiger partial charge in [-0.2, -0.15) is 0 Å².